The first kappa shape index (κ1) is 17.1. The molecule has 18 heavy (non-hydrogen) atoms. The number of carbonyl (C=O) groups is 2. The molecular formula is C14H28N2O2. The third-order valence-corrected chi connectivity index (χ3v) is 2.94. The first-order chi connectivity index (χ1) is 8.14. The summed E-state index contributed by atoms with van der Waals surface area (Å²) in [5.74, 6) is 0.352. The molecule has 0 saturated heterocycles. The van der Waals surface area contributed by atoms with Crippen LogP contribution in [0.4, 0.5) is 0 Å². The Morgan fingerprint density at radius 3 is 1.94 bits per heavy atom. The summed E-state index contributed by atoms with van der Waals surface area (Å²) in [6.45, 7) is 7.35. The Balaban J connectivity index is 3.87. The number of nitrogens with zero attached hydrogens (tertiary/aromatic N) is 2. The number of hydrogen-bond donors (Lipinski definition) is 0. The van der Waals surface area contributed by atoms with Crippen LogP contribution in [-0.4, -0.2) is 55.7 Å². The first-order valence-electron chi connectivity index (χ1n) is 6.56. The number of carbonyl (C=O) groups excluding carboxylic acids is 2. The maximum Gasteiger partial charge on any atom is 0.222 e. The zero-order valence-corrected chi connectivity index (χ0v) is 12.7. The quantitative estimate of drug-likeness (QED) is 0.697. The van der Waals surface area contributed by atoms with E-state index < -0.39 is 0 Å². The average molecular weight is 256 g/mol. The molecule has 0 aromatic carbocycles. The second-order valence-electron chi connectivity index (χ2n) is 6.15. The van der Waals surface area contributed by atoms with Crippen LogP contribution in [0, 0.1) is 5.41 Å². The van der Waals surface area contributed by atoms with Gasteiger partial charge in [0.1, 0.15) is 5.78 Å². The van der Waals surface area contributed by atoms with Gasteiger partial charge in [0.05, 0.1) is 0 Å². The molecule has 0 bridgehead atoms. The summed E-state index contributed by atoms with van der Waals surface area (Å²) < 4.78 is 0. The van der Waals surface area contributed by atoms with Crippen molar-refractivity contribution in [3.63, 3.8) is 0 Å². The smallest absolute Gasteiger partial charge is 0.222 e. The molecule has 0 heterocycles. The van der Waals surface area contributed by atoms with Gasteiger partial charge in [0.15, 0.2) is 0 Å². The molecule has 0 unspecified atom stereocenters. The largest absolute Gasteiger partial charge is 0.344 e. The minimum absolute atomic E-state index is 0.124. The fourth-order valence-electron chi connectivity index (χ4n) is 1.44. The topological polar surface area (TPSA) is 40.6 Å². The summed E-state index contributed by atoms with van der Waals surface area (Å²) in [5, 5.41) is 0. The Hall–Kier alpha value is -0.900. The lowest BCUT2D eigenvalue weighted by Gasteiger charge is -2.20. The van der Waals surface area contributed by atoms with Gasteiger partial charge in [0.2, 0.25) is 5.91 Å². The van der Waals surface area contributed by atoms with Crippen LogP contribution in [0.5, 0.6) is 0 Å². The van der Waals surface area contributed by atoms with Crippen LogP contribution in [0.3, 0.4) is 0 Å². The van der Waals surface area contributed by atoms with Gasteiger partial charge in [-0.2, -0.15) is 0 Å². The van der Waals surface area contributed by atoms with E-state index >= 15 is 0 Å². The van der Waals surface area contributed by atoms with E-state index in [1.807, 2.05) is 46.8 Å². The molecule has 4 nitrogen and oxygen atoms in total. The first-order valence-corrected chi connectivity index (χ1v) is 6.56. The molecule has 0 spiro atoms. The predicted molar refractivity (Wildman–Crippen MR) is 74.5 cm³/mol. The molecule has 0 saturated carbocycles. The van der Waals surface area contributed by atoms with E-state index in [2.05, 4.69) is 0 Å². The zero-order chi connectivity index (χ0) is 14.3. The van der Waals surface area contributed by atoms with Crippen molar-refractivity contribution in [2.75, 3.05) is 34.2 Å². The van der Waals surface area contributed by atoms with Gasteiger partial charge in [-0.3, -0.25) is 9.59 Å². The Morgan fingerprint density at radius 2 is 1.50 bits per heavy atom. The van der Waals surface area contributed by atoms with Crippen LogP contribution in [0.15, 0.2) is 0 Å². The maximum atomic E-state index is 11.8. The summed E-state index contributed by atoms with van der Waals surface area (Å²) >= 11 is 0. The molecule has 0 aliphatic rings. The number of rotatable bonds is 7. The van der Waals surface area contributed by atoms with Gasteiger partial charge >= 0.3 is 0 Å². The van der Waals surface area contributed by atoms with Crippen molar-refractivity contribution in [3.8, 4) is 0 Å². The van der Waals surface area contributed by atoms with Crippen LogP contribution < -0.4 is 0 Å². The Morgan fingerprint density at radius 1 is 0.944 bits per heavy atom. The third-order valence-electron chi connectivity index (χ3n) is 2.94. The molecule has 0 aliphatic heterocycles. The second kappa shape index (κ2) is 7.52. The summed E-state index contributed by atoms with van der Waals surface area (Å²) in [7, 11) is 5.79. The molecule has 0 aromatic heterocycles. The van der Waals surface area contributed by atoms with Crippen molar-refractivity contribution in [2.45, 2.75) is 40.0 Å². The molecule has 0 rings (SSSR count). The van der Waals surface area contributed by atoms with Gasteiger partial charge in [-0.05, 0) is 20.5 Å². The van der Waals surface area contributed by atoms with Gasteiger partial charge in [-0.1, -0.05) is 20.8 Å². The van der Waals surface area contributed by atoms with Crippen molar-refractivity contribution >= 4 is 11.7 Å². The van der Waals surface area contributed by atoms with E-state index in [0.29, 0.717) is 19.3 Å². The standard InChI is InChI=1S/C14H28N2O2/c1-14(2,3)12(17)8-7-9-13(18)16(6)11-10-15(4)5/h7-11H2,1-6H3. The molecule has 106 valence electrons. The Kier molecular flexibility index (Phi) is 7.14. The molecule has 1 amide bonds. The van der Waals surface area contributed by atoms with E-state index in [1.54, 1.807) is 4.90 Å². The highest BCUT2D eigenvalue weighted by molar-refractivity contribution is 5.84. The van der Waals surface area contributed by atoms with Gasteiger partial charge in [-0.15, -0.1) is 0 Å². The van der Waals surface area contributed by atoms with Gasteiger partial charge in [0.25, 0.3) is 0 Å². The average Bonchev–Trinajstić information content (AvgIpc) is 2.23. The van der Waals surface area contributed by atoms with Crippen molar-refractivity contribution < 1.29 is 9.59 Å². The Bertz CT molecular complexity index is 280. The van der Waals surface area contributed by atoms with Gasteiger partial charge in [0, 0.05) is 38.4 Å². The third kappa shape index (κ3) is 7.43. The van der Waals surface area contributed by atoms with Crippen LogP contribution in [-0.2, 0) is 9.59 Å². The van der Waals surface area contributed by atoms with E-state index in [-0.39, 0.29) is 17.1 Å². The fourth-order valence-corrected chi connectivity index (χ4v) is 1.44. The lowest BCUT2D eigenvalue weighted by Crippen LogP contribution is -2.33. The Labute approximate surface area is 111 Å². The molecule has 0 radical (unpaired) electrons. The van der Waals surface area contributed by atoms with Crippen LogP contribution >= 0.6 is 0 Å². The molecule has 0 aromatic rings. The van der Waals surface area contributed by atoms with Crippen LogP contribution in [0.1, 0.15) is 40.0 Å². The molecule has 0 N–H and O–H groups in total. The highest BCUT2D eigenvalue weighted by atomic mass is 16.2. The maximum absolute atomic E-state index is 11.8. The summed E-state index contributed by atoms with van der Waals surface area (Å²) in [6, 6.07) is 0. The number of amides is 1. The van der Waals surface area contributed by atoms with Crippen molar-refractivity contribution in [2.24, 2.45) is 5.41 Å². The summed E-state index contributed by atoms with van der Waals surface area (Å²) in [6.07, 6.45) is 1.61. The van der Waals surface area contributed by atoms with Crippen molar-refractivity contribution in [1.29, 1.82) is 0 Å². The fraction of sp³-hybridized carbons (Fsp3) is 0.857. The minimum Gasteiger partial charge on any atom is -0.344 e. The lowest BCUT2D eigenvalue weighted by molar-refractivity contribution is -0.130. The van der Waals surface area contributed by atoms with E-state index in [0.717, 1.165) is 13.1 Å². The number of Topliss-reactive ketones (excluding diaryl/α,β-unsaturated/α-hetero) is 1. The number of likely N-dealkylation sites (N-methyl/N-ethyl adjacent to an activating group) is 2. The zero-order valence-electron chi connectivity index (χ0n) is 12.7. The second-order valence-corrected chi connectivity index (χ2v) is 6.15. The SMILES string of the molecule is CN(C)CCN(C)C(=O)CCCC(=O)C(C)(C)C. The molecular weight excluding hydrogens is 228 g/mol. The monoisotopic (exact) mass is 256 g/mol. The highest BCUT2D eigenvalue weighted by Crippen LogP contribution is 2.18. The number of hydrogen-bond acceptors (Lipinski definition) is 3. The van der Waals surface area contributed by atoms with Gasteiger partial charge in [-0.25, -0.2) is 0 Å². The van der Waals surface area contributed by atoms with Gasteiger partial charge < -0.3 is 9.80 Å². The van der Waals surface area contributed by atoms with E-state index in [4.69, 9.17) is 0 Å². The highest BCUT2D eigenvalue weighted by Gasteiger charge is 2.20. The van der Waals surface area contributed by atoms with Crippen molar-refractivity contribution in [1.82, 2.24) is 9.80 Å². The molecule has 4 heteroatoms. The summed E-state index contributed by atoms with van der Waals surface area (Å²) in [5.41, 5.74) is -0.292. The van der Waals surface area contributed by atoms with Crippen LogP contribution in [0.25, 0.3) is 0 Å². The van der Waals surface area contributed by atoms with E-state index in [9.17, 15) is 9.59 Å². The molecule has 0 atom stereocenters. The predicted octanol–water partition coefficient (Wildman–Crippen LogP) is 1.79. The minimum atomic E-state index is -0.292. The lowest BCUT2D eigenvalue weighted by atomic mass is 9.88. The normalized spacial score (nSPS) is 11.7. The molecule has 0 aliphatic carbocycles. The molecule has 0 fully saturated rings. The van der Waals surface area contributed by atoms with E-state index in [1.165, 1.54) is 0 Å². The summed E-state index contributed by atoms with van der Waals surface area (Å²) in [4.78, 5) is 27.3. The van der Waals surface area contributed by atoms with Crippen LogP contribution in [0.2, 0.25) is 0 Å². The number of ketones is 1. The van der Waals surface area contributed by atoms with Crippen molar-refractivity contribution in [3.05, 3.63) is 0 Å².